The second kappa shape index (κ2) is 7.24. The number of nitrogens with one attached hydrogen (secondary N) is 1. The van der Waals surface area contributed by atoms with Gasteiger partial charge in [0.1, 0.15) is 0 Å². The van der Waals surface area contributed by atoms with E-state index in [2.05, 4.69) is 54.7 Å². The van der Waals surface area contributed by atoms with Gasteiger partial charge in [0.2, 0.25) is 0 Å². The van der Waals surface area contributed by atoms with Crippen LogP contribution in [0.4, 0.5) is 0 Å². The van der Waals surface area contributed by atoms with Crippen LogP contribution in [0.2, 0.25) is 0 Å². The van der Waals surface area contributed by atoms with Gasteiger partial charge in [0.05, 0.1) is 0 Å². The standard InChI is InChI=1S/C14H21N/c1-3-4-11-15-12-10-13(2)14-8-6-5-7-9-14/h3-9,13,15H,10-12H2,1-2H3/b4-3+. The predicted molar refractivity (Wildman–Crippen MR) is 67.2 cm³/mol. The molecule has 0 aliphatic rings. The first-order valence-corrected chi connectivity index (χ1v) is 5.71. The fourth-order valence-corrected chi connectivity index (χ4v) is 1.57. The molecule has 0 spiro atoms. The summed E-state index contributed by atoms with van der Waals surface area (Å²) in [6.07, 6.45) is 5.42. The summed E-state index contributed by atoms with van der Waals surface area (Å²) in [5, 5.41) is 3.40. The fourth-order valence-electron chi connectivity index (χ4n) is 1.57. The van der Waals surface area contributed by atoms with Crippen molar-refractivity contribution < 1.29 is 0 Å². The third kappa shape index (κ3) is 4.80. The average Bonchev–Trinajstić information content (AvgIpc) is 2.30. The molecule has 82 valence electrons. The topological polar surface area (TPSA) is 12.0 Å². The Morgan fingerprint density at radius 2 is 2.00 bits per heavy atom. The van der Waals surface area contributed by atoms with Crippen LogP contribution in [0, 0.1) is 0 Å². The first kappa shape index (κ1) is 12.0. The van der Waals surface area contributed by atoms with Gasteiger partial charge in [0, 0.05) is 6.54 Å². The first-order valence-electron chi connectivity index (χ1n) is 5.71. The van der Waals surface area contributed by atoms with Gasteiger partial charge in [0.15, 0.2) is 0 Å². The molecule has 0 bridgehead atoms. The molecule has 0 aromatic heterocycles. The summed E-state index contributed by atoms with van der Waals surface area (Å²) in [5.41, 5.74) is 1.44. The Morgan fingerprint density at radius 1 is 1.27 bits per heavy atom. The van der Waals surface area contributed by atoms with Crippen molar-refractivity contribution in [3.8, 4) is 0 Å². The highest BCUT2D eigenvalue weighted by Crippen LogP contribution is 2.17. The summed E-state index contributed by atoms with van der Waals surface area (Å²) in [5.74, 6) is 0.643. The number of hydrogen-bond donors (Lipinski definition) is 1. The minimum Gasteiger partial charge on any atom is -0.313 e. The lowest BCUT2D eigenvalue weighted by Crippen LogP contribution is -2.16. The third-order valence-electron chi connectivity index (χ3n) is 2.62. The largest absolute Gasteiger partial charge is 0.313 e. The van der Waals surface area contributed by atoms with Crippen molar-refractivity contribution in [3.63, 3.8) is 0 Å². The van der Waals surface area contributed by atoms with Crippen LogP contribution in [0.5, 0.6) is 0 Å². The normalized spacial score (nSPS) is 13.2. The molecule has 1 nitrogen and oxygen atoms in total. The molecule has 15 heavy (non-hydrogen) atoms. The van der Waals surface area contributed by atoms with Crippen molar-refractivity contribution in [2.24, 2.45) is 0 Å². The third-order valence-corrected chi connectivity index (χ3v) is 2.62. The average molecular weight is 203 g/mol. The van der Waals surface area contributed by atoms with E-state index in [4.69, 9.17) is 0 Å². The lowest BCUT2D eigenvalue weighted by molar-refractivity contribution is 0.619. The molecule has 0 radical (unpaired) electrons. The molecule has 0 saturated carbocycles. The molecule has 0 fully saturated rings. The molecule has 1 atom stereocenters. The van der Waals surface area contributed by atoms with E-state index in [1.807, 2.05) is 6.92 Å². The summed E-state index contributed by atoms with van der Waals surface area (Å²) in [7, 11) is 0. The van der Waals surface area contributed by atoms with E-state index in [-0.39, 0.29) is 0 Å². The lowest BCUT2D eigenvalue weighted by Gasteiger charge is -2.11. The zero-order chi connectivity index (χ0) is 10.9. The van der Waals surface area contributed by atoms with E-state index in [1.165, 1.54) is 12.0 Å². The van der Waals surface area contributed by atoms with Crippen LogP contribution in [0.15, 0.2) is 42.5 Å². The highest BCUT2D eigenvalue weighted by atomic mass is 14.8. The van der Waals surface area contributed by atoms with Crippen LogP contribution in [0.1, 0.15) is 31.7 Å². The monoisotopic (exact) mass is 203 g/mol. The van der Waals surface area contributed by atoms with E-state index >= 15 is 0 Å². The second-order valence-corrected chi connectivity index (χ2v) is 3.87. The molecule has 0 saturated heterocycles. The minimum absolute atomic E-state index is 0.643. The van der Waals surface area contributed by atoms with E-state index < -0.39 is 0 Å². The van der Waals surface area contributed by atoms with E-state index in [1.54, 1.807) is 0 Å². The van der Waals surface area contributed by atoms with Crippen molar-refractivity contribution in [1.29, 1.82) is 0 Å². The maximum Gasteiger partial charge on any atom is 0.0134 e. The summed E-state index contributed by atoms with van der Waals surface area (Å²) < 4.78 is 0. The molecule has 0 aliphatic carbocycles. The first-order chi connectivity index (χ1) is 7.34. The van der Waals surface area contributed by atoms with Gasteiger partial charge >= 0.3 is 0 Å². The maximum absolute atomic E-state index is 3.40. The number of rotatable bonds is 6. The van der Waals surface area contributed by atoms with E-state index in [0.29, 0.717) is 5.92 Å². The second-order valence-electron chi connectivity index (χ2n) is 3.87. The molecular weight excluding hydrogens is 182 g/mol. The van der Waals surface area contributed by atoms with Gasteiger partial charge in [0.25, 0.3) is 0 Å². The smallest absolute Gasteiger partial charge is 0.0134 e. The number of benzene rings is 1. The molecule has 0 aliphatic heterocycles. The van der Waals surface area contributed by atoms with Crippen LogP contribution in [0.25, 0.3) is 0 Å². The van der Waals surface area contributed by atoms with Crippen molar-refractivity contribution in [3.05, 3.63) is 48.0 Å². The van der Waals surface area contributed by atoms with Gasteiger partial charge in [-0.1, -0.05) is 49.4 Å². The Bertz CT molecular complexity index is 277. The Balaban J connectivity index is 2.22. The van der Waals surface area contributed by atoms with Gasteiger partial charge in [-0.3, -0.25) is 0 Å². The highest BCUT2D eigenvalue weighted by molar-refractivity contribution is 5.18. The van der Waals surface area contributed by atoms with Crippen LogP contribution < -0.4 is 5.32 Å². The Morgan fingerprint density at radius 3 is 2.67 bits per heavy atom. The summed E-state index contributed by atoms with van der Waals surface area (Å²) in [4.78, 5) is 0. The van der Waals surface area contributed by atoms with Crippen molar-refractivity contribution in [2.75, 3.05) is 13.1 Å². The molecule has 1 rings (SSSR count). The number of hydrogen-bond acceptors (Lipinski definition) is 1. The minimum atomic E-state index is 0.643. The van der Waals surface area contributed by atoms with Gasteiger partial charge in [-0.15, -0.1) is 0 Å². The van der Waals surface area contributed by atoms with Crippen molar-refractivity contribution in [1.82, 2.24) is 5.32 Å². The quantitative estimate of drug-likeness (QED) is 0.552. The summed E-state index contributed by atoms with van der Waals surface area (Å²) in [6, 6.07) is 10.7. The zero-order valence-corrected chi connectivity index (χ0v) is 9.74. The van der Waals surface area contributed by atoms with E-state index in [9.17, 15) is 0 Å². The highest BCUT2D eigenvalue weighted by Gasteiger charge is 2.02. The van der Waals surface area contributed by atoms with Gasteiger partial charge in [-0.2, -0.15) is 0 Å². The molecule has 0 heterocycles. The van der Waals surface area contributed by atoms with Crippen molar-refractivity contribution >= 4 is 0 Å². The summed E-state index contributed by atoms with van der Waals surface area (Å²) in [6.45, 7) is 6.40. The molecule has 0 amide bonds. The predicted octanol–water partition coefficient (Wildman–Crippen LogP) is 3.35. The van der Waals surface area contributed by atoms with Crippen LogP contribution in [0.3, 0.4) is 0 Å². The molecule has 1 aromatic rings. The fraction of sp³-hybridized carbons (Fsp3) is 0.429. The summed E-state index contributed by atoms with van der Waals surface area (Å²) >= 11 is 0. The Labute approximate surface area is 93.2 Å². The van der Waals surface area contributed by atoms with Crippen molar-refractivity contribution in [2.45, 2.75) is 26.2 Å². The van der Waals surface area contributed by atoms with Crippen LogP contribution >= 0.6 is 0 Å². The SMILES string of the molecule is C/C=C/CNCCC(C)c1ccccc1. The molecule has 1 heteroatoms. The number of allylic oxidation sites excluding steroid dienone is 1. The lowest BCUT2D eigenvalue weighted by atomic mass is 9.98. The zero-order valence-electron chi connectivity index (χ0n) is 9.74. The Hall–Kier alpha value is -1.08. The van der Waals surface area contributed by atoms with Gasteiger partial charge in [-0.25, -0.2) is 0 Å². The molecule has 1 aromatic carbocycles. The molecule has 1 N–H and O–H groups in total. The van der Waals surface area contributed by atoms with Gasteiger partial charge in [-0.05, 0) is 31.4 Å². The van der Waals surface area contributed by atoms with Gasteiger partial charge < -0.3 is 5.32 Å². The van der Waals surface area contributed by atoms with Crippen LogP contribution in [-0.2, 0) is 0 Å². The van der Waals surface area contributed by atoms with E-state index in [0.717, 1.165) is 13.1 Å². The Kier molecular flexibility index (Phi) is 5.79. The molecule has 1 unspecified atom stereocenters. The van der Waals surface area contributed by atoms with Crippen LogP contribution in [-0.4, -0.2) is 13.1 Å². The molecular formula is C14H21N. The maximum atomic E-state index is 3.40.